The lowest BCUT2D eigenvalue weighted by Crippen LogP contribution is -2.46. The van der Waals surface area contributed by atoms with Gasteiger partial charge in [0, 0.05) is 25.2 Å². The molecule has 3 bridgehead atoms. The molecule has 0 aromatic heterocycles. The fourth-order valence-corrected chi connectivity index (χ4v) is 7.47. The van der Waals surface area contributed by atoms with Crippen molar-refractivity contribution in [1.82, 2.24) is 4.72 Å². The summed E-state index contributed by atoms with van der Waals surface area (Å²) in [5.41, 5.74) is 0.676. The summed E-state index contributed by atoms with van der Waals surface area (Å²) in [7, 11) is -2.14. The highest BCUT2D eigenvalue weighted by atomic mass is 32.2. The summed E-state index contributed by atoms with van der Waals surface area (Å²) < 4.78 is 51.5. The molecule has 1 aromatic rings. The lowest BCUT2D eigenvalue weighted by atomic mass is 9.52. The minimum absolute atomic E-state index is 0.115. The number of nitrogens with one attached hydrogen (secondary N) is 1. The van der Waals surface area contributed by atoms with E-state index in [9.17, 15) is 17.6 Å². The summed E-state index contributed by atoms with van der Waals surface area (Å²) in [6.07, 6.45) is 10.7. The van der Waals surface area contributed by atoms with Crippen LogP contribution in [0.4, 0.5) is 4.39 Å². The molecule has 0 saturated heterocycles. The lowest BCUT2D eigenvalue weighted by Gasteiger charge is -2.54. The van der Waals surface area contributed by atoms with E-state index in [1.165, 1.54) is 57.1 Å². The van der Waals surface area contributed by atoms with Gasteiger partial charge in [0.15, 0.2) is 0 Å². The van der Waals surface area contributed by atoms with Crippen molar-refractivity contribution in [2.75, 3.05) is 26.6 Å². The number of rotatable bonds is 8. The Morgan fingerprint density at radius 2 is 2.00 bits per heavy atom. The number of carbonyl (C=O) groups is 1. The Morgan fingerprint density at radius 1 is 1.18 bits per heavy atom. The first-order valence-corrected chi connectivity index (χ1v) is 14.0. The highest BCUT2D eigenvalue weighted by Gasteiger charge is 2.49. The Bertz CT molecular complexity index is 1040. The molecule has 1 aromatic carbocycles. The van der Waals surface area contributed by atoms with E-state index in [1.54, 1.807) is 7.11 Å². The maximum absolute atomic E-state index is 15.0. The molecule has 0 spiro atoms. The van der Waals surface area contributed by atoms with Crippen LogP contribution in [0, 0.1) is 34.9 Å². The summed E-state index contributed by atoms with van der Waals surface area (Å²) in [4.78, 5) is 12.4. The van der Waals surface area contributed by atoms with E-state index in [0.29, 0.717) is 19.0 Å². The highest BCUT2D eigenvalue weighted by molar-refractivity contribution is 7.89. The van der Waals surface area contributed by atoms with Crippen LogP contribution >= 0.6 is 0 Å². The quantitative estimate of drug-likeness (QED) is 0.603. The van der Waals surface area contributed by atoms with Gasteiger partial charge in [-0.05, 0) is 86.2 Å². The third kappa shape index (κ3) is 4.78. The van der Waals surface area contributed by atoms with Crippen LogP contribution in [0.2, 0.25) is 0 Å². The van der Waals surface area contributed by atoms with Crippen molar-refractivity contribution in [2.45, 2.75) is 57.3 Å². The molecule has 4 fully saturated rings. The Labute approximate surface area is 195 Å². The number of halogens is 1. The molecule has 6 unspecified atom stereocenters. The topological polar surface area (TPSA) is 81.7 Å². The van der Waals surface area contributed by atoms with E-state index in [4.69, 9.17) is 9.47 Å². The van der Waals surface area contributed by atoms with Gasteiger partial charge in [0.1, 0.15) is 11.6 Å². The van der Waals surface area contributed by atoms with Gasteiger partial charge in [-0.1, -0.05) is 6.42 Å². The average molecular weight is 480 g/mol. The average Bonchev–Trinajstić information content (AvgIpc) is 3.49. The van der Waals surface area contributed by atoms with E-state index >= 15 is 0 Å². The Morgan fingerprint density at radius 3 is 2.76 bits per heavy atom. The number of hydrogen-bond acceptors (Lipinski definition) is 5. The van der Waals surface area contributed by atoms with Crippen LogP contribution in [0.3, 0.4) is 0 Å². The van der Waals surface area contributed by atoms with Crippen LogP contribution in [0.25, 0.3) is 0 Å². The molecule has 4 aliphatic rings. The second-order valence-electron chi connectivity index (χ2n) is 11.1. The van der Waals surface area contributed by atoms with E-state index in [0.717, 1.165) is 36.0 Å². The first-order valence-electron chi connectivity index (χ1n) is 12.1. The summed E-state index contributed by atoms with van der Waals surface area (Å²) in [6.45, 7) is 1.16. The first kappa shape index (κ1) is 23.1. The second kappa shape index (κ2) is 8.52. The van der Waals surface area contributed by atoms with Crippen molar-refractivity contribution >= 4 is 15.9 Å². The molecule has 6 atom stereocenters. The maximum Gasteiger partial charge on any atom is 0.267 e. The summed E-state index contributed by atoms with van der Waals surface area (Å²) in [5.74, 6) is 1.64. The van der Waals surface area contributed by atoms with E-state index in [1.807, 2.05) is 4.72 Å². The zero-order valence-corrected chi connectivity index (χ0v) is 20.3. The van der Waals surface area contributed by atoms with Crippen LogP contribution in [-0.2, 0) is 14.8 Å². The first-order chi connectivity index (χ1) is 15.7. The van der Waals surface area contributed by atoms with Crippen molar-refractivity contribution in [3.63, 3.8) is 0 Å². The van der Waals surface area contributed by atoms with E-state index in [-0.39, 0.29) is 22.8 Å². The third-order valence-corrected chi connectivity index (χ3v) is 9.13. The van der Waals surface area contributed by atoms with E-state index in [2.05, 4.69) is 0 Å². The van der Waals surface area contributed by atoms with Gasteiger partial charge in [-0.25, -0.2) is 17.5 Å². The van der Waals surface area contributed by atoms with Gasteiger partial charge in [-0.15, -0.1) is 0 Å². The molecule has 4 saturated carbocycles. The van der Waals surface area contributed by atoms with Crippen LogP contribution < -0.4 is 9.46 Å². The van der Waals surface area contributed by atoms with Gasteiger partial charge in [-0.3, -0.25) is 4.79 Å². The molecule has 0 radical (unpaired) electrons. The number of methoxy groups -OCH3 is 1. The van der Waals surface area contributed by atoms with Crippen molar-refractivity contribution in [1.29, 1.82) is 0 Å². The Balaban J connectivity index is 1.39. The number of hydrogen-bond donors (Lipinski definition) is 1. The lowest BCUT2D eigenvalue weighted by molar-refractivity contribution is -0.0569. The third-order valence-electron chi connectivity index (χ3n) is 8.57. The normalized spacial score (nSPS) is 34.7. The molecule has 182 valence electrons. The predicted octanol–water partition coefficient (Wildman–Crippen LogP) is 4.25. The van der Waals surface area contributed by atoms with Gasteiger partial charge >= 0.3 is 0 Å². The maximum atomic E-state index is 15.0. The smallest absolute Gasteiger partial charge is 0.267 e. The number of benzene rings is 1. The number of sulfonamides is 1. The predicted molar refractivity (Wildman–Crippen MR) is 122 cm³/mol. The van der Waals surface area contributed by atoms with Gasteiger partial charge in [-0.2, -0.15) is 0 Å². The number of ether oxygens (including phenoxy) is 2. The minimum Gasteiger partial charge on any atom is -0.493 e. The van der Waals surface area contributed by atoms with E-state index < -0.39 is 21.7 Å². The van der Waals surface area contributed by atoms with Gasteiger partial charge in [0.05, 0.1) is 18.4 Å². The van der Waals surface area contributed by atoms with Gasteiger partial charge < -0.3 is 9.47 Å². The fraction of sp³-hybridized carbons (Fsp3) is 0.720. The minimum atomic E-state index is -3.79. The molecule has 1 N–H and O–H groups in total. The van der Waals surface area contributed by atoms with Crippen molar-refractivity contribution in [3.8, 4) is 5.75 Å². The van der Waals surface area contributed by atoms with Crippen LogP contribution in [0.1, 0.15) is 73.2 Å². The summed E-state index contributed by atoms with van der Waals surface area (Å²) in [6, 6.07) is 2.76. The number of amides is 1. The van der Waals surface area contributed by atoms with Crippen molar-refractivity contribution in [3.05, 3.63) is 29.1 Å². The fourth-order valence-electron chi connectivity index (χ4n) is 7.02. The van der Waals surface area contributed by atoms with Crippen LogP contribution in [0.5, 0.6) is 5.75 Å². The number of fused-ring (bicyclic) bond motifs is 2. The monoisotopic (exact) mass is 479 g/mol. The zero-order chi connectivity index (χ0) is 23.4. The standard InChI is InChI=1S/C25H34FNO5S/c1-31-13-18-8-19(18)20-9-21(24(28)27-33(2,29)30)22(26)10-23(20)32-14-25-6-5-16-4-3-15(11-25)7-17(16)12-25/h9-10,15-19H,3-8,11-14H2,1-2H3,(H,27,28). The van der Waals surface area contributed by atoms with Crippen molar-refractivity contribution in [2.24, 2.45) is 29.1 Å². The molecule has 4 aliphatic carbocycles. The van der Waals surface area contributed by atoms with Crippen molar-refractivity contribution < 1.29 is 27.1 Å². The molecule has 1 amide bonds. The molecule has 6 nitrogen and oxygen atoms in total. The SMILES string of the molecule is COCC1CC1c1cc(C(=O)NS(C)(=O)=O)c(F)cc1OCC12CCC3CCC(CC3C1)C2. The summed E-state index contributed by atoms with van der Waals surface area (Å²) >= 11 is 0. The molecule has 0 aliphatic heterocycles. The molecular formula is C25H34FNO5S. The summed E-state index contributed by atoms with van der Waals surface area (Å²) in [5, 5.41) is 0. The molecule has 33 heavy (non-hydrogen) atoms. The Kier molecular flexibility index (Phi) is 5.96. The molecule has 0 heterocycles. The number of carbonyl (C=O) groups excluding carboxylic acids is 1. The van der Waals surface area contributed by atoms with Gasteiger partial charge in [0.2, 0.25) is 10.0 Å². The van der Waals surface area contributed by atoms with Crippen LogP contribution in [0.15, 0.2) is 12.1 Å². The largest absolute Gasteiger partial charge is 0.493 e. The van der Waals surface area contributed by atoms with Crippen LogP contribution in [-0.4, -0.2) is 40.9 Å². The zero-order valence-electron chi connectivity index (χ0n) is 19.4. The molecule has 8 heteroatoms. The second-order valence-corrected chi connectivity index (χ2v) is 12.8. The van der Waals surface area contributed by atoms with Gasteiger partial charge in [0.25, 0.3) is 5.91 Å². The molecular weight excluding hydrogens is 445 g/mol. The molecule has 5 rings (SSSR count). The Hall–Kier alpha value is -1.67. The highest BCUT2D eigenvalue weighted by Crippen LogP contribution is 2.58.